The molecule has 1 aliphatic carbocycles. The molecule has 1 unspecified atom stereocenters. The van der Waals surface area contributed by atoms with Crippen molar-refractivity contribution in [3.05, 3.63) is 47.3 Å². The first-order valence-electron chi connectivity index (χ1n) is 6.91. The number of hydrogen-bond acceptors (Lipinski definition) is 3. The number of carbonyl (C=O) groups excluding carboxylic acids is 1. The lowest BCUT2D eigenvalue weighted by atomic mass is 9.85. The number of nitrogens with zero attached hydrogens (tertiary/aromatic N) is 1. The third-order valence-corrected chi connectivity index (χ3v) is 3.42. The van der Waals surface area contributed by atoms with Crippen molar-refractivity contribution in [2.24, 2.45) is 0 Å². The Labute approximate surface area is 120 Å². The van der Waals surface area contributed by atoms with Gasteiger partial charge in [-0.25, -0.2) is 0 Å². The Morgan fingerprint density at radius 2 is 2.35 bits per heavy atom. The quantitative estimate of drug-likeness (QED) is 0.839. The fourth-order valence-electron chi connectivity index (χ4n) is 2.64. The SMILES string of the molecule is C=CC1=CCc2[nH]c(CN(C)C)cc2C1C(=O)OCC. The summed E-state index contributed by atoms with van der Waals surface area (Å²) in [5.41, 5.74) is 4.18. The fraction of sp³-hybridized carbons (Fsp3) is 0.438. The zero-order valence-corrected chi connectivity index (χ0v) is 12.4. The summed E-state index contributed by atoms with van der Waals surface area (Å²) in [7, 11) is 4.05. The summed E-state index contributed by atoms with van der Waals surface area (Å²) in [6.07, 6.45) is 4.61. The monoisotopic (exact) mass is 274 g/mol. The lowest BCUT2D eigenvalue weighted by Crippen LogP contribution is -2.20. The average Bonchev–Trinajstić information content (AvgIpc) is 2.78. The predicted octanol–water partition coefficient (Wildman–Crippen LogP) is 2.39. The Morgan fingerprint density at radius 1 is 1.60 bits per heavy atom. The molecule has 0 aliphatic heterocycles. The molecule has 0 amide bonds. The van der Waals surface area contributed by atoms with Gasteiger partial charge in [0.2, 0.25) is 0 Å². The summed E-state index contributed by atoms with van der Waals surface area (Å²) in [5, 5.41) is 0. The van der Waals surface area contributed by atoms with Crippen LogP contribution in [0, 0.1) is 0 Å². The molecule has 1 aliphatic rings. The normalized spacial score (nSPS) is 17.6. The molecule has 0 bridgehead atoms. The van der Waals surface area contributed by atoms with Crippen LogP contribution in [0.1, 0.15) is 29.8 Å². The van der Waals surface area contributed by atoms with E-state index in [2.05, 4.69) is 22.5 Å². The Bertz CT molecular complexity index is 541. The lowest BCUT2D eigenvalue weighted by Gasteiger charge is -2.21. The van der Waals surface area contributed by atoms with E-state index in [4.69, 9.17) is 4.74 Å². The van der Waals surface area contributed by atoms with Crippen LogP contribution in [0.25, 0.3) is 0 Å². The minimum absolute atomic E-state index is 0.199. The van der Waals surface area contributed by atoms with Gasteiger partial charge in [-0.2, -0.15) is 0 Å². The molecule has 0 saturated carbocycles. The van der Waals surface area contributed by atoms with Gasteiger partial charge in [0.15, 0.2) is 0 Å². The summed E-state index contributed by atoms with van der Waals surface area (Å²) in [5.74, 6) is -0.543. The van der Waals surface area contributed by atoms with E-state index in [0.29, 0.717) is 6.61 Å². The second-order valence-corrected chi connectivity index (χ2v) is 5.26. The first-order chi connectivity index (χ1) is 9.56. The van der Waals surface area contributed by atoms with Crippen LogP contribution in [-0.4, -0.2) is 36.6 Å². The highest BCUT2D eigenvalue weighted by Crippen LogP contribution is 2.34. The van der Waals surface area contributed by atoms with Crippen LogP contribution in [0.5, 0.6) is 0 Å². The van der Waals surface area contributed by atoms with Crippen molar-refractivity contribution in [2.45, 2.75) is 25.8 Å². The number of aromatic amines is 1. The summed E-state index contributed by atoms with van der Waals surface area (Å²) < 4.78 is 5.21. The maximum atomic E-state index is 12.2. The number of aromatic nitrogens is 1. The molecule has 1 heterocycles. The third-order valence-electron chi connectivity index (χ3n) is 3.42. The van der Waals surface area contributed by atoms with Crippen molar-refractivity contribution in [1.29, 1.82) is 0 Å². The molecule has 0 saturated heterocycles. The van der Waals surface area contributed by atoms with Crippen molar-refractivity contribution in [3.63, 3.8) is 0 Å². The van der Waals surface area contributed by atoms with E-state index in [9.17, 15) is 4.79 Å². The van der Waals surface area contributed by atoms with Gasteiger partial charge in [0.05, 0.1) is 6.61 Å². The van der Waals surface area contributed by atoms with Gasteiger partial charge in [-0.15, -0.1) is 0 Å². The number of hydrogen-bond donors (Lipinski definition) is 1. The number of carbonyl (C=O) groups is 1. The van der Waals surface area contributed by atoms with Crippen LogP contribution in [0.4, 0.5) is 0 Å². The van der Waals surface area contributed by atoms with E-state index in [0.717, 1.165) is 35.5 Å². The first kappa shape index (κ1) is 14.6. The zero-order valence-electron chi connectivity index (χ0n) is 12.4. The van der Waals surface area contributed by atoms with Gasteiger partial charge in [0, 0.05) is 24.4 Å². The molecule has 2 rings (SSSR count). The molecule has 1 aromatic rings. The molecule has 108 valence electrons. The molecule has 1 N–H and O–H groups in total. The minimum atomic E-state index is -0.344. The van der Waals surface area contributed by atoms with Gasteiger partial charge in [-0.05, 0) is 38.2 Å². The van der Waals surface area contributed by atoms with Crippen LogP contribution < -0.4 is 0 Å². The van der Waals surface area contributed by atoms with E-state index in [-0.39, 0.29) is 11.9 Å². The highest BCUT2D eigenvalue weighted by Gasteiger charge is 2.31. The average molecular weight is 274 g/mol. The van der Waals surface area contributed by atoms with E-state index in [1.807, 2.05) is 27.1 Å². The van der Waals surface area contributed by atoms with Crippen molar-refractivity contribution >= 4 is 5.97 Å². The number of ether oxygens (including phenoxy) is 1. The van der Waals surface area contributed by atoms with Crippen molar-refractivity contribution in [2.75, 3.05) is 20.7 Å². The van der Waals surface area contributed by atoms with Crippen LogP contribution in [0.2, 0.25) is 0 Å². The van der Waals surface area contributed by atoms with Gasteiger partial charge in [-0.3, -0.25) is 4.79 Å². The summed E-state index contributed by atoms with van der Waals surface area (Å²) in [4.78, 5) is 17.7. The highest BCUT2D eigenvalue weighted by atomic mass is 16.5. The smallest absolute Gasteiger partial charge is 0.317 e. The molecule has 4 heteroatoms. The molecule has 20 heavy (non-hydrogen) atoms. The molecular weight excluding hydrogens is 252 g/mol. The van der Waals surface area contributed by atoms with Crippen LogP contribution >= 0.6 is 0 Å². The molecule has 4 nitrogen and oxygen atoms in total. The van der Waals surface area contributed by atoms with Gasteiger partial charge >= 0.3 is 5.97 Å². The van der Waals surface area contributed by atoms with Crippen LogP contribution in [0.15, 0.2) is 30.4 Å². The number of nitrogens with one attached hydrogen (secondary N) is 1. The second-order valence-electron chi connectivity index (χ2n) is 5.26. The van der Waals surface area contributed by atoms with Crippen molar-refractivity contribution < 1.29 is 9.53 Å². The van der Waals surface area contributed by atoms with Crippen LogP contribution in [0.3, 0.4) is 0 Å². The van der Waals surface area contributed by atoms with Crippen molar-refractivity contribution in [3.8, 4) is 0 Å². The van der Waals surface area contributed by atoms with E-state index >= 15 is 0 Å². The zero-order chi connectivity index (χ0) is 14.7. The Kier molecular flexibility index (Phi) is 4.45. The molecule has 0 radical (unpaired) electrons. The van der Waals surface area contributed by atoms with E-state index in [1.54, 1.807) is 6.08 Å². The molecular formula is C16H22N2O2. The molecule has 0 spiro atoms. The van der Waals surface area contributed by atoms with E-state index < -0.39 is 0 Å². The van der Waals surface area contributed by atoms with Crippen LogP contribution in [-0.2, 0) is 22.5 Å². The standard InChI is InChI=1S/C16H22N2O2/c1-5-11-7-8-14-13(15(11)16(19)20-6-2)9-12(17-14)10-18(3)4/h5,7,9,15,17H,1,6,8,10H2,2-4H3. The van der Waals surface area contributed by atoms with Gasteiger partial charge in [0.1, 0.15) is 5.92 Å². The Balaban J connectivity index is 2.35. The summed E-state index contributed by atoms with van der Waals surface area (Å²) in [6, 6.07) is 2.08. The fourth-order valence-corrected chi connectivity index (χ4v) is 2.64. The largest absolute Gasteiger partial charge is 0.465 e. The predicted molar refractivity (Wildman–Crippen MR) is 79.5 cm³/mol. The lowest BCUT2D eigenvalue weighted by molar-refractivity contribution is -0.143. The summed E-state index contributed by atoms with van der Waals surface area (Å²) in [6.45, 7) is 6.86. The number of H-pyrrole nitrogens is 1. The number of rotatable bonds is 5. The van der Waals surface area contributed by atoms with Gasteiger partial charge < -0.3 is 14.6 Å². The number of allylic oxidation sites excluding steroid dienone is 2. The summed E-state index contributed by atoms with van der Waals surface area (Å²) >= 11 is 0. The first-order valence-corrected chi connectivity index (χ1v) is 6.91. The maximum Gasteiger partial charge on any atom is 0.317 e. The van der Waals surface area contributed by atoms with E-state index in [1.165, 1.54) is 0 Å². The highest BCUT2D eigenvalue weighted by molar-refractivity contribution is 5.84. The van der Waals surface area contributed by atoms with Gasteiger partial charge in [0.25, 0.3) is 0 Å². The third kappa shape index (κ3) is 2.85. The minimum Gasteiger partial charge on any atom is -0.465 e. The topological polar surface area (TPSA) is 45.3 Å². The molecule has 1 aromatic heterocycles. The van der Waals surface area contributed by atoms with Gasteiger partial charge in [-0.1, -0.05) is 18.7 Å². The maximum absolute atomic E-state index is 12.2. The van der Waals surface area contributed by atoms with Crippen molar-refractivity contribution in [1.82, 2.24) is 9.88 Å². The Hall–Kier alpha value is -1.81. The molecule has 1 atom stereocenters. The second kappa shape index (κ2) is 6.09. The number of esters is 1. The number of fused-ring (bicyclic) bond motifs is 1. The Morgan fingerprint density at radius 3 is 2.95 bits per heavy atom. The molecule has 0 aromatic carbocycles. The molecule has 0 fully saturated rings.